The minimum atomic E-state index is -3.02. The van der Waals surface area contributed by atoms with Crippen molar-refractivity contribution in [2.24, 2.45) is 0 Å². The summed E-state index contributed by atoms with van der Waals surface area (Å²) in [5, 5.41) is 6.92. The van der Waals surface area contributed by atoms with Crippen LogP contribution in [0.4, 0.5) is 0 Å². The van der Waals surface area contributed by atoms with Gasteiger partial charge < -0.3 is 5.32 Å². The van der Waals surface area contributed by atoms with Gasteiger partial charge in [0.15, 0.2) is 15.5 Å². The van der Waals surface area contributed by atoms with Gasteiger partial charge in [-0.1, -0.05) is 0 Å². The Balaban J connectivity index is 1.89. The van der Waals surface area contributed by atoms with Crippen molar-refractivity contribution in [3.63, 3.8) is 0 Å². The van der Waals surface area contributed by atoms with Gasteiger partial charge in [-0.25, -0.2) is 17.9 Å². The summed E-state index contributed by atoms with van der Waals surface area (Å²) >= 11 is 0. The maximum absolute atomic E-state index is 12.3. The largest absolute Gasteiger partial charge is 0.348 e. The van der Waals surface area contributed by atoms with Gasteiger partial charge in [-0.05, 0) is 26.3 Å². The Labute approximate surface area is 122 Å². The van der Waals surface area contributed by atoms with Crippen LogP contribution >= 0.6 is 0 Å². The summed E-state index contributed by atoms with van der Waals surface area (Å²) in [6, 6.07) is 1.55. The number of aryl methyl sites for hydroxylation is 2. The van der Waals surface area contributed by atoms with Crippen LogP contribution in [0.25, 0.3) is 5.65 Å². The van der Waals surface area contributed by atoms with Crippen LogP contribution in [0.3, 0.4) is 0 Å². The molecule has 0 aliphatic carbocycles. The number of carbonyl (C=O) groups is 1. The second kappa shape index (κ2) is 4.80. The summed E-state index contributed by atoms with van der Waals surface area (Å²) in [6.07, 6.45) is 1.92. The van der Waals surface area contributed by atoms with Crippen LogP contribution in [0.15, 0.2) is 12.3 Å². The van der Waals surface area contributed by atoms with E-state index in [1.165, 1.54) is 6.20 Å². The molecule has 0 unspecified atom stereocenters. The van der Waals surface area contributed by atoms with Gasteiger partial charge in [-0.15, -0.1) is 0 Å². The standard InChI is InChI=1S/C13H16N4O3S/c1-8-5-9(2)17-12(15-8)11(6-14-17)13(18)16-10-3-4-21(19,20)7-10/h5-6,10H,3-4,7H2,1-2H3,(H,16,18)/t10-/m0/s1. The molecule has 0 bridgehead atoms. The summed E-state index contributed by atoms with van der Waals surface area (Å²) in [6.45, 7) is 3.74. The summed E-state index contributed by atoms with van der Waals surface area (Å²) in [7, 11) is -3.02. The Bertz CT molecular complexity index is 825. The zero-order valence-corrected chi connectivity index (χ0v) is 12.6. The Morgan fingerprint density at radius 2 is 2.19 bits per heavy atom. The van der Waals surface area contributed by atoms with Gasteiger partial charge in [-0.2, -0.15) is 5.10 Å². The van der Waals surface area contributed by atoms with E-state index < -0.39 is 9.84 Å². The molecule has 1 N–H and O–H groups in total. The quantitative estimate of drug-likeness (QED) is 0.859. The SMILES string of the molecule is Cc1cc(C)n2ncc(C(=O)N[C@H]3CCS(=O)(=O)C3)c2n1. The van der Waals surface area contributed by atoms with E-state index in [0.29, 0.717) is 17.6 Å². The van der Waals surface area contributed by atoms with Gasteiger partial charge >= 0.3 is 0 Å². The summed E-state index contributed by atoms with van der Waals surface area (Å²) in [4.78, 5) is 16.7. The van der Waals surface area contributed by atoms with E-state index in [2.05, 4.69) is 15.4 Å². The lowest BCUT2D eigenvalue weighted by Gasteiger charge is -2.09. The van der Waals surface area contributed by atoms with Gasteiger partial charge in [0.05, 0.1) is 17.7 Å². The predicted molar refractivity (Wildman–Crippen MR) is 77.0 cm³/mol. The van der Waals surface area contributed by atoms with Crippen molar-refractivity contribution < 1.29 is 13.2 Å². The molecule has 112 valence electrons. The van der Waals surface area contributed by atoms with Crippen molar-refractivity contribution in [2.75, 3.05) is 11.5 Å². The molecule has 0 radical (unpaired) electrons. The Hall–Kier alpha value is -1.96. The Morgan fingerprint density at radius 3 is 2.86 bits per heavy atom. The molecule has 1 amide bonds. The number of fused-ring (bicyclic) bond motifs is 1. The molecule has 1 atom stereocenters. The number of rotatable bonds is 2. The fraction of sp³-hybridized carbons (Fsp3) is 0.462. The van der Waals surface area contributed by atoms with Gasteiger partial charge in [0.1, 0.15) is 5.56 Å². The van der Waals surface area contributed by atoms with Crippen molar-refractivity contribution in [1.29, 1.82) is 0 Å². The van der Waals surface area contributed by atoms with Gasteiger partial charge in [0.2, 0.25) is 0 Å². The molecule has 0 spiro atoms. The first kappa shape index (κ1) is 14.0. The highest BCUT2D eigenvalue weighted by Gasteiger charge is 2.30. The van der Waals surface area contributed by atoms with Crippen LogP contribution < -0.4 is 5.32 Å². The third-order valence-electron chi connectivity index (χ3n) is 3.59. The molecule has 3 heterocycles. The maximum Gasteiger partial charge on any atom is 0.257 e. The van der Waals surface area contributed by atoms with E-state index in [1.807, 2.05) is 19.9 Å². The molecule has 2 aromatic heterocycles. The van der Waals surface area contributed by atoms with Gasteiger partial charge in [-0.3, -0.25) is 4.79 Å². The monoisotopic (exact) mass is 308 g/mol. The minimum Gasteiger partial charge on any atom is -0.348 e. The average molecular weight is 308 g/mol. The highest BCUT2D eigenvalue weighted by atomic mass is 32.2. The van der Waals surface area contributed by atoms with E-state index in [1.54, 1.807) is 4.52 Å². The normalized spacial score (nSPS) is 20.8. The highest BCUT2D eigenvalue weighted by molar-refractivity contribution is 7.91. The molecular weight excluding hydrogens is 292 g/mol. The predicted octanol–water partition coefficient (Wildman–Crippen LogP) is 0.263. The first-order valence-corrected chi connectivity index (χ1v) is 8.51. The molecular formula is C13H16N4O3S. The number of hydrogen-bond donors (Lipinski definition) is 1. The van der Waals surface area contributed by atoms with E-state index in [4.69, 9.17) is 0 Å². The summed E-state index contributed by atoms with van der Waals surface area (Å²) in [5.41, 5.74) is 2.55. The number of aromatic nitrogens is 3. The van der Waals surface area contributed by atoms with Gasteiger partial charge in [0.25, 0.3) is 5.91 Å². The fourth-order valence-electron chi connectivity index (χ4n) is 2.60. The fourth-order valence-corrected chi connectivity index (χ4v) is 4.28. The van der Waals surface area contributed by atoms with E-state index in [9.17, 15) is 13.2 Å². The number of hydrogen-bond acceptors (Lipinski definition) is 5. The minimum absolute atomic E-state index is 0.00341. The summed E-state index contributed by atoms with van der Waals surface area (Å²) in [5.74, 6) is -0.198. The molecule has 3 rings (SSSR count). The zero-order valence-electron chi connectivity index (χ0n) is 11.8. The highest BCUT2D eigenvalue weighted by Crippen LogP contribution is 2.15. The van der Waals surface area contributed by atoms with Crippen molar-refractivity contribution in [3.8, 4) is 0 Å². The third kappa shape index (κ3) is 2.63. The molecule has 0 aromatic carbocycles. The molecule has 7 nitrogen and oxygen atoms in total. The number of nitrogens with one attached hydrogen (secondary N) is 1. The number of nitrogens with zero attached hydrogens (tertiary/aromatic N) is 3. The van der Waals surface area contributed by atoms with Crippen LogP contribution in [0, 0.1) is 13.8 Å². The first-order valence-electron chi connectivity index (χ1n) is 6.69. The molecule has 8 heteroatoms. The molecule has 1 aliphatic heterocycles. The molecule has 0 saturated carbocycles. The smallest absolute Gasteiger partial charge is 0.257 e. The van der Waals surface area contributed by atoms with E-state index >= 15 is 0 Å². The molecule has 1 aliphatic rings. The van der Waals surface area contributed by atoms with Crippen LogP contribution in [0.2, 0.25) is 0 Å². The number of carbonyl (C=O) groups excluding carboxylic acids is 1. The van der Waals surface area contributed by atoms with Crippen LogP contribution in [0.1, 0.15) is 28.2 Å². The van der Waals surface area contributed by atoms with Crippen LogP contribution in [-0.2, 0) is 9.84 Å². The lowest BCUT2D eigenvalue weighted by molar-refractivity contribution is 0.0942. The van der Waals surface area contributed by atoms with Gasteiger partial charge in [0, 0.05) is 17.4 Å². The van der Waals surface area contributed by atoms with Crippen LogP contribution in [0.5, 0.6) is 0 Å². The molecule has 2 aromatic rings. The number of sulfone groups is 1. The third-order valence-corrected chi connectivity index (χ3v) is 5.36. The average Bonchev–Trinajstić information content (AvgIpc) is 2.92. The van der Waals surface area contributed by atoms with Crippen LogP contribution in [-0.4, -0.2) is 46.5 Å². The molecule has 1 fully saturated rings. The molecule has 21 heavy (non-hydrogen) atoms. The lowest BCUT2D eigenvalue weighted by Crippen LogP contribution is -2.35. The Kier molecular flexibility index (Phi) is 3.20. The zero-order chi connectivity index (χ0) is 15.2. The maximum atomic E-state index is 12.3. The Morgan fingerprint density at radius 1 is 1.43 bits per heavy atom. The van der Waals surface area contributed by atoms with Crippen molar-refractivity contribution in [1.82, 2.24) is 19.9 Å². The van der Waals surface area contributed by atoms with E-state index in [-0.39, 0.29) is 23.5 Å². The van der Waals surface area contributed by atoms with Crippen molar-refractivity contribution in [2.45, 2.75) is 26.3 Å². The topological polar surface area (TPSA) is 93.4 Å². The molecule has 1 saturated heterocycles. The van der Waals surface area contributed by atoms with E-state index in [0.717, 1.165) is 11.4 Å². The van der Waals surface area contributed by atoms with Crippen molar-refractivity contribution >= 4 is 21.4 Å². The summed E-state index contributed by atoms with van der Waals surface area (Å²) < 4.78 is 24.5. The second-order valence-electron chi connectivity index (χ2n) is 5.41. The second-order valence-corrected chi connectivity index (χ2v) is 7.63. The number of amides is 1. The van der Waals surface area contributed by atoms with Crippen molar-refractivity contribution in [3.05, 3.63) is 29.2 Å². The first-order chi connectivity index (χ1) is 9.85. The lowest BCUT2D eigenvalue weighted by atomic mass is 10.2.